The van der Waals surface area contributed by atoms with Crippen molar-refractivity contribution in [3.8, 4) is 5.75 Å². The van der Waals surface area contributed by atoms with Gasteiger partial charge in [0.25, 0.3) is 0 Å². The molecular weight excluding hydrogens is 294 g/mol. The molecule has 0 radical (unpaired) electrons. The summed E-state index contributed by atoms with van der Waals surface area (Å²) in [6, 6.07) is 16.3. The number of aromatic nitrogens is 1. The van der Waals surface area contributed by atoms with Gasteiger partial charge in [-0.3, -0.25) is 0 Å². The second-order valence-corrected chi connectivity index (χ2v) is 5.97. The number of rotatable bonds is 6. The number of para-hydroxylation sites is 1. The van der Waals surface area contributed by atoms with E-state index in [2.05, 4.69) is 35.9 Å². The number of halogens is 1. The van der Waals surface area contributed by atoms with Crippen molar-refractivity contribution < 1.29 is 4.74 Å². The van der Waals surface area contributed by atoms with E-state index in [0.717, 1.165) is 36.8 Å². The molecule has 3 heteroatoms. The molecule has 3 aromatic rings. The number of benzene rings is 2. The van der Waals surface area contributed by atoms with E-state index in [1.807, 2.05) is 30.3 Å². The smallest absolute Gasteiger partial charge is 0.122 e. The second kappa shape index (κ2) is 6.89. The Labute approximate surface area is 136 Å². The molecule has 1 aromatic heterocycles. The highest BCUT2D eigenvalue weighted by atomic mass is 35.5. The monoisotopic (exact) mass is 313 g/mol. The number of ether oxygens (including phenoxy) is 1. The molecular formula is C19H20ClNO. The van der Waals surface area contributed by atoms with Gasteiger partial charge in [0, 0.05) is 28.7 Å². The highest BCUT2D eigenvalue weighted by molar-refractivity contribution is 6.31. The Morgan fingerprint density at radius 3 is 2.77 bits per heavy atom. The van der Waals surface area contributed by atoms with Gasteiger partial charge in [0.15, 0.2) is 0 Å². The van der Waals surface area contributed by atoms with Crippen LogP contribution in [0, 0.1) is 6.92 Å². The molecule has 0 aliphatic rings. The molecule has 0 aliphatic carbocycles. The third-order valence-electron chi connectivity index (χ3n) is 3.88. The van der Waals surface area contributed by atoms with Crippen LogP contribution in [0.1, 0.15) is 18.4 Å². The minimum Gasteiger partial charge on any atom is -0.493 e. The fourth-order valence-corrected chi connectivity index (χ4v) is 2.83. The molecule has 0 N–H and O–H groups in total. The van der Waals surface area contributed by atoms with Gasteiger partial charge < -0.3 is 9.30 Å². The van der Waals surface area contributed by atoms with Gasteiger partial charge in [0.1, 0.15) is 5.75 Å². The van der Waals surface area contributed by atoms with Crippen molar-refractivity contribution in [2.24, 2.45) is 0 Å². The lowest BCUT2D eigenvalue weighted by molar-refractivity contribution is 0.301. The van der Waals surface area contributed by atoms with E-state index in [-0.39, 0.29) is 0 Å². The first-order chi connectivity index (χ1) is 10.7. The molecule has 1 heterocycles. The van der Waals surface area contributed by atoms with Crippen molar-refractivity contribution in [2.45, 2.75) is 26.3 Å². The highest BCUT2D eigenvalue weighted by Gasteiger charge is 2.02. The van der Waals surface area contributed by atoms with E-state index in [0.29, 0.717) is 0 Å². The van der Waals surface area contributed by atoms with Crippen molar-refractivity contribution in [3.05, 3.63) is 65.3 Å². The molecule has 0 unspecified atom stereocenters. The Kier molecular flexibility index (Phi) is 4.69. The molecule has 2 nitrogen and oxygen atoms in total. The number of nitrogens with zero attached hydrogens (tertiary/aromatic N) is 1. The average Bonchev–Trinajstić information content (AvgIpc) is 2.91. The summed E-state index contributed by atoms with van der Waals surface area (Å²) in [5.41, 5.74) is 2.43. The molecule has 3 rings (SSSR count). The van der Waals surface area contributed by atoms with Crippen molar-refractivity contribution in [2.75, 3.05) is 6.61 Å². The van der Waals surface area contributed by atoms with Gasteiger partial charge in [-0.15, -0.1) is 0 Å². The summed E-state index contributed by atoms with van der Waals surface area (Å²) < 4.78 is 8.11. The van der Waals surface area contributed by atoms with Gasteiger partial charge in [0.05, 0.1) is 6.61 Å². The van der Waals surface area contributed by atoms with E-state index in [1.165, 1.54) is 16.5 Å². The molecule has 0 aliphatic heterocycles. The van der Waals surface area contributed by atoms with Crippen LogP contribution in [-0.2, 0) is 6.54 Å². The summed E-state index contributed by atoms with van der Waals surface area (Å²) in [6.45, 7) is 3.84. The molecule has 0 spiro atoms. The van der Waals surface area contributed by atoms with Gasteiger partial charge in [-0.1, -0.05) is 29.8 Å². The van der Waals surface area contributed by atoms with Crippen LogP contribution in [0.15, 0.2) is 54.7 Å². The lowest BCUT2D eigenvalue weighted by Crippen LogP contribution is -2.02. The standard InChI is InChI=1S/C19H20ClNO/c1-15-6-2-3-7-19(15)22-13-5-4-11-21-12-10-16-14-17(20)8-9-18(16)21/h2-3,6-10,12,14H,4-5,11,13H2,1H3. The van der Waals surface area contributed by atoms with Crippen molar-refractivity contribution in [3.63, 3.8) is 0 Å². The minimum absolute atomic E-state index is 0.760. The number of fused-ring (bicyclic) bond motifs is 1. The summed E-state index contributed by atoms with van der Waals surface area (Å²) in [6.07, 6.45) is 4.27. The first kappa shape index (κ1) is 15.0. The van der Waals surface area contributed by atoms with E-state index in [9.17, 15) is 0 Å². The molecule has 0 fully saturated rings. The van der Waals surface area contributed by atoms with Crippen LogP contribution in [-0.4, -0.2) is 11.2 Å². The zero-order valence-electron chi connectivity index (χ0n) is 12.8. The van der Waals surface area contributed by atoms with Crippen molar-refractivity contribution in [1.29, 1.82) is 0 Å². The SMILES string of the molecule is Cc1ccccc1OCCCCn1ccc2cc(Cl)ccc21. The van der Waals surface area contributed by atoms with Crippen LogP contribution in [0.2, 0.25) is 5.02 Å². The average molecular weight is 314 g/mol. The molecule has 0 amide bonds. The Hall–Kier alpha value is -1.93. The van der Waals surface area contributed by atoms with Crippen molar-refractivity contribution in [1.82, 2.24) is 4.57 Å². The zero-order valence-corrected chi connectivity index (χ0v) is 13.5. The number of aryl methyl sites for hydroxylation is 2. The molecule has 0 saturated heterocycles. The third-order valence-corrected chi connectivity index (χ3v) is 4.11. The summed E-state index contributed by atoms with van der Waals surface area (Å²) in [4.78, 5) is 0. The Morgan fingerprint density at radius 2 is 1.91 bits per heavy atom. The van der Waals surface area contributed by atoms with E-state index in [1.54, 1.807) is 0 Å². The molecule has 0 saturated carbocycles. The van der Waals surface area contributed by atoms with E-state index >= 15 is 0 Å². The maximum atomic E-state index is 6.02. The fraction of sp³-hybridized carbons (Fsp3) is 0.263. The lowest BCUT2D eigenvalue weighted by Gasteiger charge is -2.09. The summed E-state index contributed by atoms with van der Waals surface area (Å²) in [7, 11) is 0. The van der Waals surface area contributed by atoms with Crippen LogP contribution in [0.3, 0.4) is 0 Å². The van der Waals surface area contributed by atoms with E-state index < -0.39 is 0 Å². The van der Waals surface area contributed by atoms with Gasteiger partial charge in [-0.2, -0.15) is 0 Å². The van der Waals surface area contributed by atoms with Crippen LogP contribution < -0.4 is 4.74 Å². The van der Waals surface area contributed by atoms with Gasteiger partial charge in [-0.25, -0.2) is 0 Å². The Morgan fingerprint density at radius 1 is 1.05 bits per heavy atom. The van der Waals surface area contributed by atoms with Crippen LogP contribution in [0.5, 0.6) is 5.75 Å². The van der Waals surface area contributed by atoms with Crippen LogP contribution in [0.25, 0.3) is 10.9 Å². The number of hydrogen-bond donors (Lipinski definition) is 0. The quantitative estimate of drug-likeness (QED) is 0.551. The first-order valence-corrected chi connectivity index (χ1v) is 8.05. The van der Waals surface area contributed by atoms with Crippen molar-refractivity contribution >= 4 is 22.5 Å². The lowest BCUT2D eigenvalue weighted by atomic mass is 10.2. The summed E-state index contributed by atoms with van der Waals surface area (Å²) in [5.74, 6) is 0.989. The maximum Gasteiger partial charge on any atom is 0.122 e. The molecule has 0 bridgehead atoms. The molecule has 2 aromatic carbocycles. The highest BCUT2D eigenvalue weighted by Crippen LogP contribution is 2.21. The maximum absolute atomic E-state index is 6.02. The molecule has 0 atom stereocenters. The molecule has 22 heavy (non-hydrogen) atoms. The predicted octanol–water partition coefficient (Wildman–Crippen LogP) is 5.46. The summed E-state index contributed by atoms with van der Waals surface area (Å²) >= 11 is 6.02. The van der Waals surface area contributed by atoms with Gasteiger partial charge in [-0.05, 0) is 55.7 Å². The Bertz CT molecular complexity index is 763. The van der Waals surface area contributed by atoms with Crippen LogP contribution >= 0.6 is 11.6 Å². The molecule has 114 valence electrons. The van der Waals surface area contributed by atoms with Crippen LogP contribution in [0.4, 0.5) is 0 Å². The third kappa shape index (κ3) is 3.45. The topological polar surface area (TPSA) is 14.2 Å². The largest absolute Gasteiger partial charge is 0.493 e. The van der Waals surface area contributed by atoms with Gasteiger partial charge in [0.2, 0.25) is 0 Å². The summed E-state index contributed by atoms with van der Waals surface area (Å²) in [5, 5.41) is 1.99. The minimum atomic E-state index is 0.760. The number of unbranched alkanes of at least 4 members (excludes halogenated alkanes) is 1. The predicted molar refractivity (Wildman–Crippen MR) is 92.9 cm³/mol. The van der Waals surface area contributed by atoms with Gasteiger partial charge >= 0.3 is 0 Å². The number of hydrogen-bond acceptors (Lipinski definition) is 1. The zero-order chi connectivity index (χ0) is 15.4. The Balaban J connectivity index is 1.49. The normalized spacial score (nSPS) is 11.0. The first-order valence-electron chi connectivity index (χ1n) is 7.67. The van der Waals surface area contributed by atoms with E-state index in [4.69, 9.17) is 16.3 Å². The second-order valence-electron chi connectivity index (χ2n) is 5.53. The fourth-order valence-electron chi connectivity index (χ4n) is 2.65.